The molecule has 0 unspecified atom stereocenters. The number of pyridine rings is 2. The van der Waals surface area contributed by atoms with Gasteiger partial charge in [0.25, 0.3) is 10.0 Å². The minimum atomic E-state index is -3.67. The van der Waals surface area contributed by atoms with Crippen LogP contribution in [-0.2, 0) is 29.5 Å². The van der Waals surface area contributed by atoms with Crippen LogP contribution in [0.3, 0.4) is 0 Å². The Bertz CT molecular complexity index is 1460. The van der Waals surface area contributed by atoms with Gasteiger partial charge in [0.2, 0.25) is 0 Å². The maximum absolute atomic E-state index is 13.0. The molecule has 0 N–H and O–H groups in total. The highest BCUT2D eigenvalue weighted by atomic mass is 32.2. The molecular formula is C29H35N5O2S. The van der Waals surface area contributed by atoms with Crippen LogP contribution in [0.1, 0.15) is 59.1 Å². The molecule has 0 fully saturated rings. The van der Waals surface area contributed by atoms with Crippen molar-refractivity contribution in [1.82, 2.24) is 23.8 Å². The molecule has 4 rings (SSSR count). The first-order valence-corrected chi connectivity index (χ1v) is 14.0. The monoisotopic (exact) mass is 517 g/mol. The minimum Gasteiger partial charge on any atom is -0.291 e. The van der Waals surface area contributed by atoms with Crippen LogP contribution in [0.2, 0.25) is 0 Å². The summed E-state index contributed by atoms with van der Waals surface area (Å²) < 4.78 is 27.3. The first-order valence-electron chi connectivity index (χ1n) is 12.6. The number of nitrogens with zero attached hydrogens (tertiary/aromatic N) is 5. The third-order valence-electron chi connectivity index (χ3n) is 6.51. The Morgan fingerprint density at radius 2 is 1.65 bits per heavy atom. The first-order chi connectivity index (χ1) is 17.6. The predicted octanol–water partition coefficient (Wildman–Crippen LogP) is 5.20. The molecule has 1 aromatic carbocycles. The van der Waals surface area contributed by atoms with Crippen molar-refractivity contribution in [1.29, 1.82) is 0 Å². The van der Waals surface area contributed by atoms with E-state index in [0.29, 0.717) is 32.0 Å². The van der Waals surface area contributed by atoms with E-state index in [1.54, 1.807) is 30.5 Å². The Labute approximate surface area is 220 Å². The lowest BCUT2D eigenvalue weighted by atomic mass is 10.0. The van der Waals surface area contributed by atoms with Gasteiger partial charge in [0.05, 0.1) is 22.0 Å². The van der Waals surface area contributed by atoms with Gasteiger partial charge in [-0.2, -0.15) is 0 Å². The Kier molecular flexibility index (Phi) is 8.19. The highest BCUT2D eigenvalue weighted by Crippen LogP contribution is 2.21. The number of rotatable bonds is 10. The highest BCUT2D eigenvalue weighted by Gasteiger charge is 2.19. The molecule has 0 radical (unpaired) electrons. The van der Waals surface area contributed by atoms with Crippen molar-refractivity contribution in [2.75, 3.05) is 6.54 Å². The summed E-state index contributed by atoms with van der Waals surface area (Å²) in [4.78, 5) is 16.3. The lowest BCUT2D eigenvalue weighted by Gasteiger charge is -2.24. The van der Waals surface area contributed by atoms with Crippen molar-refractivity contribution in [3.63, 3.8) is 0 Å². The second kappa shape index (κ2) is 11.4. The van der Waals surface area contributed by atoms with E-state index >= 15 is 0 Å². The molecule has 0 bridgehead atoms. The van der Waals surface area contributed by atoms with Crippen LogP contribution in [0.25, 0.3) is 0 Å². The van der Waals surface area contributed by atoms with E-state index in [2.05, 4.69) is 52.8 Å². The lowest BCUT2D eigenvalue weighted by Crippen LogP contribution is -2.27. The van der Waals surface area contributed by atoms with Crippen molar-refractivity contribution in [3.05, 3.63) is 107 Å². The van der Waals surface area contributed by atoms with Gasteiger partial charge in [0, 0.05) is 44.6 Å². The lowest BCUT2D eigenvalue weighted by molar-refractivity contribution is 0.251. The molecule has 8 heteroatoms. The average Bonchev–Trinajstić information content (AvgIpc) is 3.35. The largest absolute Gasteiger partial charge is 0.291 e. The van der Waals surface area contributed by atoms with E-state index in [9.17, 15) is 8.42 Å². The molecule has 3 aromatic heterocycles. The third-order valence-corrected chi connectivity index (χ3v) is 8.13. The van der Waals surface area contributed by atoms with Gasteiger partial charge in [0.15, 0.2) is 0 Å². The highest BCUT2D eigenvalue weighted by molar-refractivity contribution is 7.90. The van der Waals surface area contributed by atoms with E-state index in [4.69, 9.17) is 0 Å². The van der Waals surface area contributed by atoms with Crippen molar-refractivity contribution >= 4 is 10.0 Å². The van der Waals surface area contributed by atoms with Gasteiger partial charge in [0.1, 0.15) is 6.33 Å². The molecule has 0 amide bonds. The minimum absolute atomic E-state index is 0.251. The second-order valence-electron chi connectivity index (χ2n) is 9.94. The van der Waals surface area contributed by atoms with Gasteiger partial charge < -0.3 is 0 Å². The molecule has 3 heterocycles. The summed E-state index contributed by atoms with van der Waals surface area (Å²) in [6.45, 7) is 12.4. The van der Waals surface area contributed by atoms with E-state index in [0.717, 1.165) is 33.8 Å². The van der Waals surface area contributed by atoms with Gasteiger partial charge in [-0.1, -0.05) is 43.7 Å². The maximum Gasteiger partial charge on any atom is 0.268 e. The quantitative estimate of drug-likeness (QED) is 0.287. The van der Waals surface area contributed by atoms with E-state index in [1.165, 1.54) is 15.9 Å². The third kappa shape index (κ3) is 6.50. The van der Waals surface area contributed by atoms with Crippen molar-refractivity contribution in [3.8, 4) is 0 Å². The Morgan fingerprint density at radius 3 is 2.35 bits per heavy atom. The van der Waals surface area contributed by atoms with Gasteiger partial charge in [-0.25, -0.2) is 17.4 Å². The second-order valence-corrected chi connectivity index (χ2v) is 11.8. The number of aromatic nitrogens is 4. The molecule has 0 aliphatic rings. The number of benzene rings is 1. The van der Waals surface area contributed by atoms with E-state index in [-0.39, 0.29) is 4.90 Å². The van der Waals surface area contributed by atoms with Gasteiger partial charge in [-0.15, -0.1) is 0 Å². The standard InChI is InChI=1S/C29H35N5O2S/c1-21(2)27-7-6-13-30-29(27)19-33(18-28-24(5)15-23(4)16-31-28)14-12-25-17-34(20-32-25)37(35,36)26-10-8-22(3)9-11-26/h6-11,13,15-17,20-21H,12,14,18-19H2,1-5H3. The molecule has 0 atom stereocenters. The summed E-state index contributed by atoms with van der Waals surface area (Å²) in [6.07, 6.45) is 7.34. The van der Waals surface area contributed by atoms with Crippen LogP contribution in [0.4, 0.5) is 0 Å². The van der Waals surface area contributed by atoms with Gasteiger partial charge in [-0.05, 0) is 61.6 Å². The molecule has 7 nitrogen and oxygen atoms in total. The maximum atomic E-state index is 13.0. The SMILES string of the molecule is Cc1ccc(S(=O)(=O)n2cnc(CCN(Cc3ncc(C)cc3C)Cc3ncccc3C(C)C)c2)cc1. The molecule has 37 heavy (non-hydrogen) atoms. The normalized spacial score (nSPS) is 12.0. The zero-order valence-corrected chi connectivity index (χ0v) is 23.0. The molecule has 194 valence electrons. The number of imidazole rings is 1. The van der Waals surface area contributed by atoms with Crippen LogP contribution in [0.15, 0.2) is 72.3 Å². The van der Waals surface area contributed by atoms with E-state index < -0.39 is 10.0 Å². The average molecular weight is 518 g/mol. The first kappa shape index (κ1) is 26.7. The zero-order chi connectivity index (χ0) is 26.6. The summed E-state index contributed by atoms with van der Waals surface area (Å²) >= 11 is 0. The predicted molar refractivity (Wildman–Crippen MR) is 146 cm³/mol. The van der Waals surface area contributed by atoms with E-state index in [1.807, 2.05) is 32.3 Å². The Hall–Kier alpha value is -3.36. The fraction of sp³-hybridized carbons (Fsp3) is 0.345. The summed E-state index contributed by atoms with van der Waals surface area (Å²) in [5.41, 5.74) is 7.34. The van der Waals surface area contributed by atoms with Gasteiger partial charge in [-0.3, -0.25) is 14.9 Å². The van der Waals surface area contributed by atoms with Crippen LogP contribution >= 0.6 is 0 Å². The summed E-state index contributed by atoms with van der Waals surface area (Å²) in [5.74, 6) is 0.368. The topological polar surface area (TPSA) is 81.0 Å². The number of aryl methyl sites for hydroxylation is 3. The van der Waals surface area contributed by atoms with Crippen LogP contribution in [0.5, 0.6) is 0 Å². The van der Waals surface area contributed by atoms with Crippen molar-refractivity contribution < 1.29 is 8.42 Å². The summed E-state index contributed by atoms with van der Waals surface area (Å²) in [5, 5.41) is 0. The Balaban J connectivity index is 1.55. The molecule has 0 aliphatic heterocycles. The number of hydrogen-bond acceptors (Lipinski definition) is 6. The van der Waals surface area contributed by atoms with Crippen LogP contribution < -0.4 is 0 Å². The molecule has 0 saturated heterocycles. The van der Waals surface area contributed by atoms with Crippen LogP contribution in [0, 0.1) is 20.8 Å². The molecule has 0 saturated carbocycles. The van der Waals surface area contributed by atoms with Crippen molar-refractivity contribution in [2.45, 2.75) is 64.9 Å². The molecule has 0 aliphatic carbocycles. The Morgan fingerprint density at radius 1 is 0.919 bits per heavy atom. The van der Waals surface area contributed by atoms with Gasteiger partial charge >= 0.3 is 0 Å². The fourth-order valence-corrected chi connectivity index (χ4v) is 5.52. The molecular weight excluding hydrogens is 482 g/mol. The molecule has 0 spiro atoms. The smallest absolute Gasteiger partial charge is 0.268 e. The molecule has 4 aromatic rings. The number of hydrogen-bond donors (Lipinski definition) is 0. The van der Waals surface area contributed by atoms with Crippen molar-refractivity contribution in [2.24, 2.45) is 0 Å². The summed E-state index contributed by atoms with van der Waals surface area (Å²) in [6, 6.07) is 13.1. The fourth-order valence-electron chi connectivity index (χ4n) is 4.36. The summed E-state index contributed by atoms with van der Waals surface area (Å²) in [7, 11) is -3.67. The van der Waals surface area contributed by atoms with Crippen LogP contribution in [-0.4, -0.2) is 38.8 Å². The zero-order valence-electron chi connectivity index (χ0n) is 22.2.